The van der Waals surface area contributed by atoms with Gasteiger partial charge in [0.05, 0.1) is 0 Å². The molecule has 1 aliphatic heterocycles. The predicted molar refractivity (Wildman–Crippen MR) is 77.7 cm³/mol. The van der Waals surface area contributed by atoms with Gasteiger partial charge in [0.25, 0.3) is 0 Å². The third-order valence-electron chi connectivity index (χ3n) is 3.80. The lowest BCUT2D eigenvalue weighted by molar-refractivity contribution is 0.339. The molecule has 1 saturated carbocycles. The Kier molecular flexibility index (Phi) is 4.78. The van der Waals surface area contributed by atoms with Crippen molar-refractivity contribution >= 4 is 16.9 Å². The van der Waals surface area contributed by atoms with Gasteiger partial charge in [0.1, 0.15) is 0 Å². The van der Waals surface area contributed by atoms with Crippen molar-refractivity contribution in [2.75, 3.05) is 18.8 Å². The third-order valence-corrected chi connectivity index (χ3v) is 5.28. The molecular weight excluding hydrogens is 228 g/mol. The first kappa shape index (κ1) is 13.3. The Morgan fingerprint density at radius 1 is 1.29 bits per heavy atom. The van der Waals surface area contributed by atoms with Crippen LogP contribution in [0.4, 0.5) is 0 Å². The van der Waals surface area contributed by atoms with E-state index in [0.29, 0.717) is 5.41 Å². The summed E-state index contributed by atoms with van der Waals surface area (Å²) in [7, 11) is 0. The summed E-state index contributed by atoms with van der Waals surface area (Å²) >= 11 is 1.90. The molecule has 1 heterocycles. The number of hydrogen-bond acceptors (Lipinski definition) is 3. The Hall–Kier alpha value is -0.180. The molecule has 17 heavy (non-hydrogen) atoms. The van der Waals surface area contributed by atoms with Crippen LogP contribution in [0.2, 0.25) is 0 Å². The summed E-state index contributed by atoms with van der Waals surface area (Å²) in [6.45, 7) is 6.69. The number of nitrogens with zero attached hydrogens (tertiary/aromatic N) is 1. The second kappa shape index (κ2) is 6.12. The monoisotopic (exact) mass is 254 g/mol. The highest BCUT2D eigenvalue weighted by atomic mass is 32.2. The Labute approximate surface area is 110 Å². The molecule has 1 aliphatic carbocycles. The number of thioether (sulfide) groups is 1. The number of nitrogens with one attached hydrogen (secondary N) is 1. The smallest absolute Gasteiger partial charge is 0.156 e. The summed E-state index contributed by atoms with van der Waals surface area (Å²) in [6.07, 6.45) is 8.61. The van der Waals surface area contributed by atoms with Gasteiger partial charge in [0.2, 0.25) is 0 Å². The number of hydrogen-bond donors (Lipinski definition) is 1. The summed E-state index contributed by atoms with van der Waals surface area (Å²) in [5.74, 6) is 2.17. The predicted octanol–water partition coefficient (Wildman–Crippen LogP) is 3.68. The molecule has 0 atom stereocenters. The largest absolute Gasteiger partial charge is 0.365 e. The molecule has 2 aliphatic rings. The fourth-order valence-corrected chi connectivity index (χ4v) is 3.59. The second-order valence-electron chi connectivity index (χ2n) is 6.29. The zero-order valence-corrected chi connectivity index (χ0v) is 12.1. The van der Waals surface area contributed by atoms with Gasteiger partial charge < -0.3 is 5.32 Å². The van der Waals surface area contributed by atoms with Gasteiger partial charge in [-0.2, -0.15) is 0 Å². The van der Waals surface area contributed by atoms with Gasteiger partial charge in [0, 0.05) is 18.8 Å². The highest BCUT2D eigenvalue weighted by Crippen LogP contribution is 2.28. The molecule has 0 saturated heterocycles. The van der Waals surface area contributed by atoms with Crippen LogP contribution in [-0.2, 0) is 0 Å². The van der Waals surface area contributed by atoms with Crippen LogP contribution in [-0.4, -0.2) is 24.0 Å². The van der Waals surface area contributed by atoms with Crippen LogP contribution in [0.5, 0.6) is 0 Å². The number of aliphatic imine (C=N–C) groups is 1. The lowest BCUT2D eigenvalue weighted by Gasteiger charge is -2.28. The first-order valence-electron chi connectivity index (χ1n) is 7.07. The number of rotatable bonds is 3. The van der Waals surface area contributed by atoms with Crippen LogP contribution >= 0.6 is 11.8 Å². The first-order valence-corrected chi connectivity index (χ1v) is 8.05. The Bertz CT molecular complexity index is 267. The van der Waals surface area contributed by atoms with Gasteiger partial charge >= 0.3 is 0 Å². The molecule has 3 heteroatoms. The molecule has 0 aromatic rings. The van der Waals surface area contributed by atoms with Crippen LogP contribution < -0.4 is 5.32 Å². The molecule has 0 amide bonds. The summed E-state index contributed by atoms with van der Waals surface area (Å²) < 4.78 is 0. The molecule has 1 N–H and O–H groups in total. The molecule has 0 aromatic carbocycles. The van der Waals surface area contributed by atoms with E-state index in [1.165, 1.54) is 49.4 Å². The second-order valence-corrected chi connectivity index (χ2v) is 7.26. The van der Waals surface area contributed by atoms with Gasteiger partial charge in [-0.15, -0.1) is 0 Å². The normalized spacial score (nSPS) is 25.4. The molecule has 0 spiro atoms. The molecule has 0 radical (unpaired) electrons. The fraction of sp³-hybridized carbons (Fsp3) is 0.929. The van der Waals surface area contributed by atoms with Gasteiger partial charge in [-0.1, -0.05) is 57.7 Å². The van der Waals surface area contributed by atoms with Crippen molar-refractivity contribution in [2.24, 2.45) is 16.3 Å². The van der Waals surface area contributed by atoms with E-state index in [9.17, 15) is 0 Å². The minimum Gasteiger partial charge on any atom is -0.365 e. The standard InChI is InChI=1S/C14H26N2S/c1-14(2)10-16-13(17-11-14)15-9-8-12-6-4-3-5-7-12/h12H,3-11H2,1-2H3,(H,15,16). The molecule has 2 nitrogen and oxygen atoms in total. The highest BCUT2D eigenvalue weighted by Gasteiger charge is 2.23. The van der Waals surface area contributed by atoms with Crippen molar-refractivity contribution in [1.29, 1.82) is 0 Å². The molecule has 2 rings (SSSR count). The van der Waals surface area contributed by atoms with Crippen LogP contribution in [0.1, 0.15) is 52.4 Å². The van der Waals surface area contributed by atoms with E-state index in [1.54, 1.807) is 0 Å². The van der Waals surface area contributed by atoms with Gasteiger partial charge in [-0.3, -0.25) is 4.99 Å². The van der Waals surface area contributed by atoms with Crippen molar-refractivity contribution in [1.82, 2.24) is 5.32 Å². The molecule has 1 fully saturated rings. The van der Waals surface area contributed by atoms with Crippen molar-refractivity contribution < 1.29 is 0 Å². The molecular formula is C14H26N2S. The Balaban J connectivity index is 1.63. The summed E-state index contributed by atoms with van der Waals surface area (Å²) in [5.41, 5.74) is 0.388. The first-order chi connectivity index (χ1) is 8.16. The van der Waals surface area contributed by atoms with E-state index in [4.69, 9.17) is 0 Å². The van der Waals surface area contributed by atoms with E-state index < -0.39 is 0 Å². The van der Waals surface area contributed by atoms with Crippen LogP contribution in [0.25, 0.3) is 0 Å². The van der Waals surface area contributed by atoms with Crippen LogP contribution in [0.3, 0.4) is 0 Å². The SMILES string of the molecule is CC1(C)CN=C(NCCC2CCCCC2)SC1. The van der Waals surface area contributed by atoms with Crippen molar-refractivity contribution in [3.8, 4) is 0 Å². The molecule has 0 aromatic heterocycles. The minimum atomic E-state index is 0.388. The maximum atomic E-state index is 4.63. The fourth-order valence-electron chi connectivity index (χ4n) is 2.61. The van der Waals surface area contributed by atoms with E-state index in [2.05, 4.69) is 24.2 Å². The van der Waals surface area contributed by atoms with Gasteiger partial charge in [0.15, 0.2) is 5.17 Å². The van der Waals surface area contributed by atoms with Crippen LogP contribution in [0.15, 0.2) is 4.99 Å². The summed E-state index contributed by atoms with van der Waals surface area (Å²) in [5, 5.41) is 4.70. The summed E-state index contributed by atoms with van der Waals surface area (Å²) in [4.78, 5) is 4.63. The van der Waals surface area contributed by atoms with E-state index >= 15 is 0 Å². The van der Waals surface area contributed by atoms with Gasteiger partial charge in [-0.05, 0) is 17.8 Å². The topological polar surface area (TPSA) is 24.4 Å². The van der Waals surface area contributed by atoms with Crippen molar-refractivity contribution in [3.63, 3.8) is 0 Å². The number of amidine groups is 1. The molecule has 98 valence electrons. The maximum absolute atomic E-state index is 4.63. The molecule has 0 bridgehead atoms. The third kappa shape index (κ3) is 4.53. The van der Waals surface area contributed by atoms with Crippen LogP contribution in [0, 0.1) is 11.3 Å². The van der Waals surface area contributed by atoms with Gasteiger partial charge in [-0.25, -0.2) is 0 Å². The Morgan fingerprint density at radius 2 is 2.06 bits per heavy atom. The maximum Gasteiger partial charge on any atom is 0.156 e. The quantitative estimate of drug-likeness (QED) is 0.831. The zero-order valence-electron chi connectivity index (χ0n) is 11.3. The minimum absolute atomic E-state index is 0.388. The van der Waals surface area contributed by atoms with E-state index in [0.717, 1.165) is 19.0 Å². The lowest BCUT2D eigenvalue weighted by atomic mass is 9.87. The van der Waals surface area contributed by atoms with E-state index in [-0.39, 0.29) is 0 Å². The Morgan fingerprint density at radius 3 is 2.71 bits per heavy atom. The lowest BCUT2D eigenvalue weighted by Crippen LogP contribution is -2.32. The highest BCUT2D eigenvalue weighted by molar-refractivity contribution is 8.13. The summed E-state index contributed by atoms with van der Waals surface area (Å²) in [6, 6.07) is 0. The van der Waals surface area contributed by atoms with Crippen molar-refractivity contribution in [2.45, 2.75) is 52.4 Å². The average molecular weight is 254 g/mol. The molecule has 0 unspecified atom stereocenters. The van der Waals surface area contributed by atoms with Crippen molar-refractivity contribution in [3.05, 3.63) is 0 Å². The van der Waals surface area contributed by atoms with E-state index in [1.807, 2.05) is 11.8 Å². The zero-order chi connectivity index (χ0) is 12.1. The average Bonchev–Trinajstić information content (AvgIpc) is 2.33.